The molecule has 0 aliphatic rings. The van der Waals surface area contributed by atoms with Crippen LogP contribution in [-0.4, -0.2) is 16.1 Å². The van der Waals surface area contributed by atoms with E-state index >= 15 is 0 Å². The second-order valence-corrected chi connectivity index (χ2v) is 20.8. The molecular formula is C46H62Si2. The largest absolute Gasteiger partial charge is 0.162 e. The standard InChI is InChI=1S/2C18H24Si.C10H14/c2*1-4-5-6-7-8-9-10-14-17-19(2,3)18-15-12-11-13-16-18;1-3-5-7-9-10-8-6-4-2/h2*11-13,15-16H,4-6,9-10H2,1-3H3;1H,4-8H2,2H3. The molecule has 0 amide bonds. The van der Waals surface area contributed by atoms with Crippen molar-refractivity contribution in [2.24, 2.45) is 0 Å². The van der Waals surface area contributed by atoms with Gasteiger partial charge in [0.1, 0.15) is 0 Å². The summed E-state index contributed by atoms with van der Waals surface area (Å²) in [6.45, 7) is 15.8. The number of terminal acetylenes is 1. The van der Waals surface area contributed by atoms with Gasteiger partial charge in [-0.15, -0.1) is 70.8 Å². The zero-order valence-corrected chi connectivity index (χ0v) is 33.5. The summed E-state index contributed by atoms with van der Waals surface area (Å²) in [5.74, 6) is 28.1. The third-order valence-electron chi connectivity index (χ3n) is 7.28. The van der Waals surface area contributed by atoms with Crippen molar-refractivity contribution in [2.75, 3.05) is 0 Å². The molecule has 0 spiro atoms. The average Bonchev–Trinajstić information content (AvgIpc) is 3.10. The highest BCUT2D eigenvalue weighted by Gasteiger charge is 2.20. The van der Waals surface area contributed by atoms with Crippen molar-refractivity contribution in [1.29, 1.82) is 0 Å². The monoisotopic (exact) mass is 670 g/mol. The molecule has 0 saturated carbocycles. The maximum absolute atomic E-state index is 5.05. The lowest BCUT2D eigenvalue weighted by Crippen LogP contribution is -2.39. The Balaban J connectivity index is 0.000000727. The molecular weight excluding hydrogens is 609 g/mol. The molecule has 0 fully saturated rings. The number of rotatable bonds is 11. The summed E-state index contributed by atoms with van der Waals surface area (Å²) in [6.07, 6.45) is 20.8. The molecule has 0 aromatic heterocycles. The Morgan fingerprint density at radius 3 is 1.02 bits per heavy atom. The van der Waals surface area contributed by atoms with Crippen LogP contribution < -0.4 is 10.4 Å². The van der Waals surface area contributed by atoms with Gasteiger partial charge in [-0.2, -0.15) is 0 Å². The quantitative estimate of drug-likeness (QED) is 0.127. The summed E-state index contributed by atoms with van der Waals surface area (Å²) >= 11 is 0. The Kier molecular flexibility index (Phi) is 28.2. The fraction of sp³-hybridized carbons (Fsp3) is 0.478. The van der Waals surface area contributed by atoms with E-state index in [9.17, 15) is 0 Å². The van der Waals surface area contributed by atoms with Gasteiger partial charge in [-0.1, -0.05) is 127 Å². The second-order valence-electron chi connectivity index (χ2n) is 12.7. The summed E-state index contributed by atoms with van der Waals surface area (Å²) in [5, 5.41) is 2.83. The highest BCUT2D eigenvalue weighted by atomic mass is 28.3. The maximum atomic E-state index is 5.05. The van der Waals surface area contributed by atoms with Gasteiger partial charge in [-0.3, -0.25) is 0 Å². The van der Waals surface area contributed by atoms with E-state index in [1.807, 2.05) is 0 Å². The van der Waals surface area contributed by atoms with Crippen molar-refractivity contribution in [2.45, 2.75) is 143 Å². The van der Waals surface area contributed by atoms with Gasteiger partial charge < -0.3 is 0 Å². The predicted molar refractivity (Wildman–Crippen MR) is 221 cm³/mol. The first-order valence-corrected chi connectivity index (χ1v) is 24.2. The van der Waals surface area contributed by atoms with Gasteiger partial charge in [0.2, 0.25) is 0 Å². The summed E-state index contributed by atoms with van der Waals surface area (Å²) < 4.78 is 0. The fourth-order valence-electron chi connectivity index (χ4n) is 4.13. The topological polar surface area (TPSA) is 0 Å². The molecule has 0 saturated heterocycles. The molecule has 0 nitrogen and oxygen atoms in total. The number of unbranched alkanes of at least 4 members (excludes halogenated alkanes) is 9. The van der Waals surface area contributed by atoms with Gasteiger partial charge in [-0.25, -0.2) is 0 Å². The van der Waals surface area contributed by atoms with Crippen LogP contribution >= 0.6 is 0 Å². The summed E-state index contributed by atoms with van der Waals surface area (Å²) in [7, 11) is -3.14. The van der Waals surface area contributed by atoms with E-state index in [-0.39, 0.29) is 0 Å². The van der Waals surface area contributed by atoms with Crippen molar-refractivity contribution in [3.05, 3.63) is 60.7 Å². The van der Waals surface area contributed by atoms with Crippen LogP contribution in [0, 0.1) is 70.8 Å². The third kappa shape index (κ3) is 25.3. The van der Waals surface area contributed by atoms with E-state index in [1.54, 1.807) is 0 Å². The van der Waals surface area contributed by atoms with E-state index in [2.05, 4.69) is 172 Å². The third-order valence-corrected chi connectivity index (χ3v) is 12.4. The van der Waals surface area contributed by atoms with Gasteiger partial charge in [0.15, 0.2) is 16.1 Å². The maximum Gasteiger partial charge on any atom is 0.162 e. The SMILES string of the molecule is C#CCCC#CCCCC.CCCCC#CCCC#C[Si](C)(C)c1ccccc1.CCCCC#CCCC#C[Si](C)(C)c1ccccc1. The van der Waals surface area contributed by atoms with Gasteiger partial charge in [0.25, 0.3) is 0 Å². The zero-order chi connectivity index (χ0) is 35.6. The van der Waals surface area contributed by atoms with Crippen LogP contribution in [0.2, 0.25) is 26.2 Å². The van der Waals surface area contributed by atoms with E-state index in [0.717, 1.165) is 57.8 Å². The van der Waals surface area contributed by atoms with Crippen LogP contribution in [0.1, 0.15) is 117 Å². The molecule has 2 aromatic carbocycles. The van der Waals surface area contributed by atoms with Crippen LogP contribution in [0.25, 0.3) is 0 Å². The van der Waals surface area contributed by atoms with Gasteiger partial charge in [0, 0.05) is 57.8 Å². The molecule has 0 atom stereocenters. The molecule has 0 N–H and O–H groups in total. The minimum absolute atomic E-state index is 0.791. The zero-order valence-electron chi connectivity index (χ0n) is 31.5. The highest BCUT2D eigenvalue weighted by molar-refractivity contribution is 6.96. The van der Waals surface area contributed by atoms with Crippen LogP contribution in [0.3, 0.4) is 0 Å². The van der Waals surface area contributed by atoms with E-state index in [1.165, 1.54) is 48.9 Å². The summed E-state index contributed by atoms with van der Waals surface area (Å²) in [5.41, 5.74) is 7.00. The minimum Gasteiger partial charge on any atom is -0.126 e. The Morgan fingerprint density at radius 1 is 0.417 bits per heavy atom. The van der Waals surface area contributed by atoms with Crippen molar-refractivity contribution < 1.29 is 0 Å². The fourth-order valence-corrected chi connectivity index (χ4v) is 7.61. The van der Waals surface area contributed by atoms with Gasteiger partial charge >= 0.3 is 0 Å². The first-order valence-electron chi connectivity index (χ1n) is 18.2. The number of hydrogen-bond donors (Lipinski definition) is 0. The Hall–Kier alpha value is -3.77. The lowest BCUT2D eigenvalue weighted by molar-refractivity contribution is 0.827. The van der Waals surface area contributed by atoms with Crippen molar-refractivity contribution in [1.82, 2.24) is 0 Å². The minimum atomic E-state index is -1.57. The number of hydrogen-bond acceptors (Lipinski definition) is 0. The molecule has 2 rings (SSSR count). The Morgan fingerprint density at radius 2 is 0.708 bits per heavy atom. The number of benzene rings is 2. The lowest BCUT2D eigenvalue weighted by Gasteiger charge is -2.14. The molecule has 0 aliphatic heterocycles. The van der Waals surface area contributed by atoms with Crippen molar-refractivity contribution >= 4 is 26.5 Å². The molecule has 0 aliphatic carbocycles. The summed E-state index contributed by atoms with van der Waals surface area (Å²) in [4.78, 5) is 0. The normalized spacial score (nSPS) is 9.54. The first-order chi connectivity index (χ1) is 23.2. The van der Waals surface area contributed by atoms with Crippen LogP contribution in [-0.2, 0) is 0 Å². The lowest BCUT2D eigenvalue weighted by atomic mass is 10.2. The van der Waals surface area contributed by atoms with E-state index in [4.69, 9.17) is 6.42 Å². The molecule has 0 bridgehead atoms. The molecule has 48 heavy (non-hydrogen) atoms. The molecule has 0 radical (unpaired) electrons. The summed E-state index contributed by atoms with van der Waals surface area (Å²) in [6, 6.07) is 21.3. The van der Waals surface area contributed by atoms with E-state index < -0.39 is 16.1 Å². The molecule has 0 heterocycles. The predicted octanol–water partition coefficient (Wildman–Crippen LogP) is 10.8. The molecule has 2 heteroatoms. The van der Waals surface area contributed by atoms with Crippen molar-refractivity contribution in [3.63, 3.8) is 0 Å². The van der Waals surface area contributed by atoms with Crippen LogP contribution in [0.4, 0.5) is 0 Å². The van der Waals surface area contributed by atoms with Gasteiger partial charge in [-0.05, 0) is 29.6 Å². The smallest absolute Gasteiger partial charge is 0.126 e. The molecule has 2 aromatic rings. The van der Waals surface area contributed by atoms with Crippen LogP contribution in [0.15, 0.2) is 60.7 Å². The van der Waals surface area contributed by atoms with Crippen LogP contribution in [0.5, 0.6) is 0 Å². The average molecular weight is 671 g/mol. The highest BCUT2D eigenvalue weighted by Crippen LogP contribution is 2.03. The van der Waals surface area contributed by atoms with Gasteiger partial charge in [0.05, 0.1) is 0 Å². The van der Waals surface area contributed by atoms with Crippen molar-refractivity contribution in [3.8, 4) is 70.8 Å². The first kappa shape index (κ1) is 44.2. The molecule has 0 unspecified atom stereocenters. The Bertz CT molecular complexity index is 1350. The van der Waals surface area contributed by atoms with E-state index in [0.29, 0.717) is 0 Å². The second kappa shape index (κ2) is 30.6. The molecule has 254 valence electrons. The Labute approximate surface area is 300 Å².